The van der Waals surface area contributed by atoms with Gasteiger partial charge in [0.15, 0.2) is 0 Å². The molecule has 2 saturated heterocycles. The Bertz CT molecular complexity index is 904. The van der Waals surface area contributed by atoms with Crippen molar-refractivity contribution in [1.29, 1.82) is 0 Å². The van der Waals surface area contributed by atoms with Crippen molar-refractivity contribution in [3.63, 3.8) is 0 Å². The van der Waals surface area contributed by atoms with Crippen LogP contribution in [-0.4, -0.2) is 17.2 Å². The zero-order valence-corrected chi connectivity index (χ0v) is 13.8. The van der Waals surface area contributed by atoms with Crippen LogP contribution in [0.15, 0.2) is 54.6 Å². The quantitative estimate of drug-likeness (QED) is 0.648. The molecule has 2 unspecified atom stereocenters. The van der Waals surface area contributed by atoms with Crippen LogP contribution in [0, 0.1) is 0 Å². The Kier molecular flexibility index (Phi) is 3.19. The predicted molar refractivity (Wildman–Crippen MR) is 99.1 cm³/mol. The summed E-state index contributed by atoms with van der Waals surface area (Å²) >= 11 is 0. The number of rotatable bonds is 1. The lowest BCUT2D eigenvalue weighted by Gasteiger charge is -2.46. The average Bonchev–Trinajstić information content (AvgIpc) is 2.60. The maximum atomic E-state index is 11.7. The third-order valence-corrected chi connectivity index (χ3v) is 6.01. The molecule has 2 nitrogen and oxygen atoms in total. The van der Waals surface area contributed by atoms with Crippen LogP contribution in [-0.2, 0) is 5.60 Å². The van der Waals surface area contributed by atoms with Gasteiger partial charge in [0.05, 0.1) is 5.60 Å². The van der Waals surface area contributed by atoms with Crippen LogP contribution in [0.4, 0.5) is 0 Å². The van der Waals surface area contributed by atoms with Gasteiger partial charge in [-0.05, 0) is 58.9 Å². The summed E-state index contributed by atoms with van der Waals surface area (Å²) in [6, 6.07) is 20.2. The number of piperidine rings is 2. The lowest BCUT2D eigenvalue weighted by Crippen LogP contribution is -2.54. The van der Waals surface area contributed by atoms with E-state index in [4.69, 9.17) is 0 Å². The van der Waals surface area contributed by atoms with Crippen LogP contribution in [0.25, 0.3) is 21.5 Å². The molecular formula is C22H23NO. The summed E-state index contributed by atoms with van der Waals surface area (Å²) in [5.74, 6) is 0. The third-order valence-electron chi connectivity index (χ3n) is 6.01. The minimum atomic E-state index is -0.718. The van der Waals surface area contributed by atoms with Gasteiger partial charge in [-0.2, -0.15) is 0 Å². The van der Waals surface area contributed by atoms with Gasteiger partial charge in [0.2, 0.25) is 0 Å². The second-order valence-corrected chi connectivity index (χ2v) is 7.62. The Morgan fingerprint density at radius 3 is 2.21 bits per heavy atom. The zero-order valence-electron chi connectivity index (χ0n) is 13.8. The van der Waals surface area contributed by atoms with Crippen LogP contribution in [0.5, 0.6) is 0 Å². The molecule has 0 spiro atoms. The zero-order chi connectivity index (χ0) is 16.1. The summed E-state index contributed by atoms with van der Waals surface area (Å²) in [7, 11) is 0. The highest BCUT2D eigenvalue weighted by Gasteiger charge is 2.42. The Morgan fingerprint density at radius 1 is 0.833 bits per heavy atom. The van der Waals surface area contributed by atoms with Crippen molar-refractivity contribution < 1.29 is 5.11 Å². The second-order valence-electron chi connectivity index (χ2n) is 7.62. The highest BCUT2D eigenvalue weighted by Crippen LogP contribution is 2.43. The summed E-state index contributed by atoms with van der Waals surface area (Å²) in [5, 5.41) is 20.3. The summed E-state index contributed by atoms with van der Waals surface area (Å²) in [5.41, 5.74) is 0.403. The number of aliphatic hydroxyl groups is 1. The van der Waals surface area contributed by atoms with Crippen molar-refractivity contribution in [1.82, 2.24) is 5.32 Å². The average molecular weight is 317 g/mol. The Hall–Kier alpha value is -1.90. The van der Waals surface area contributed by atoms with E-state index in [2.05, 4.69) is 59.9 Å². The second kappa shape index (κ2) is 5.30. The molecule has 2 heterocycles. The Morgan fingerprint density at radius 2 is 1.46 bits per heavy atom. The summed E-state index contributed by atoms with van der Waals surface area (Å²) in [6.45, 7) is 0. The van der Waals surface area contributed by atoms with E-state index in [1.54, 1.807) is 0 Å². The lowest BCUT2D eigenvalue weighted by atomic mass is 9.72. The highest BCUT2D eigenvalue weighted by atomic mass is 16.3. The van der Waals surface area contributed by atoms with Crippen molar-refractivity contribution in [2.24, 2.45) is 0 Å². The fourth-order valence-electron chi connectivity index (χ4n) is 4.99. The van der Waals surface area contributed by atoms with Gasteiger partial charge in [-0.15, -0.1) is 0 Å². The molecule has 0 aliphatic carbocycles. The normalized spacial score (nSPS) is 29.9. The number of hydrogen-bond donors (Lipinski definition) is 2. The molecule has 24 heavy (non-hydrogen) atoms. The minimum Gasteiger partial charge on any atom is -0.385 e. The van der Waals surface area contributed by atoms with Crippen LogP contribution in [0.3, 0.4) is 0 Å². The van der Waals surface area contributed by atoms with Gasteiger partial charge in [-0.3, -0.25) is 0 Å². The van der Waals surface area contributed by atoms with Crippen LogP contribution < -0.4 is 5.32 Å². The number of hydrogen-bond acceptors (Lipinski definition) is 2. The largest absolute Gasteiger partial charge is 0.385 e. The molecule has 2 aliphatic rings. The van der Waals surface area contributed by atoms with E-state index in [9.17, 15) is 5.11 Å². The monoisotopic (exact) mass is 317 g/mol. The summed E-state index contributed by atoms with van der Waals surface area (Å²) in [4.78, 5) is 0. The molecule has 122 valence electrons. The smallest absolute Gasteiger partial charge is 0.0932 e. The molecule has 5 rings (SSSR count). The lowest BCUT2D eigenvalue weighted by molar-refractivity contribution is -0.0346. The fourth-order valence-corrected chi connectivity index (χ4v) is 4.99. The molecule has 2 aliphatic heterocycles. The van der Waals surface area contributed by atoms with Gasteiger partial charge in [-0.25, -0.2) is 0 Å². The van der Waals surface area contributed by atoms with Gasteiger partial charge in [0.25, 0.3) is 0 Å². The SMILES string of the molecule is OC1(c2cc3ccccc3c3ccccc23)CC2CCCC(C1)N2. The van der Waals surface area contributed by atoms with Crippen molar-refractivity contribution in [2.75, 3.05) is 0 Å². The van der Waals surface area contributed by atoms with E-state index in [1.165, 1.54) is 40.8 Å². The van der Waals surface area contributed by atoms with Gasteiger partial charge >= 0.3 is 0 Å². The molecule has 3 aromatic rings. The van der Waals surface area contributed by atoms with Crippen LogP contribution in [0.2, 0.25) is 0 Å². The molecule has 3 aromatic carbocycles. The number of nitrogens with one attached hydrogen (secondary N) is 1. The molecular weight excluding hydrogens is 294 g/mol. The van der Waals surface area contributed by atoms with Crippen molar-refractivity contribution in [2.45, 2.75) is 49.8 Å². The maximum Gasteiger partial charge on any atom is 0.0932 e. The van der Waals surface area contributed by atoms with E-state index < -0.39 is 5.60 Å². The minimum absolute atomic E-state index is 0.452. The van der Waals surface area contributed by atoms with E-state index in [0.717, 1.165) is 18.4 Å². The van der Waals surface area contributed by atoms with E-state index >= 15 is 0 Å². The first-order valence-electron chi connectivity index (χ1n) is 9.12. The fraction of sp³-hybridized carbons (Fsp3) is 0.364. The standard InChI is InChI=1S/C22H23NO/c24-22(13-16-7-5-8-17(14-22)23-16)21-12-15-6-1-2-9-18(15)19-10-3-4-11-20(19)21/h1-4,6,9-12,16-17,23-24H,5,7-8,13-14H2. The van der Waals surface area contributed by atoms with E-state index in [0.29, 0.717) is 12.1 Å². The molecule has 2 heteroatoms. The van der Waals surface area contributed by atoms with Gasteiger partial charge in [0.1, 0.15) is 0 Å². The van der Waals surface area contributed by atoms with Gasteiger partial charge < -0.3 is 10.4 Å². The molecule has 2 atom stereocenters. The molecule has 0 aromatic heterocycles. The first-order chi connectivity index (χ1) is 11.7. The molecule has 0 radical (unpaired) electrons. The molecule has 2 N–H and O–H groups in total. The van der Waals surface area contributed by atoms with E-state index in [-0.39, 0.29) is 0 Å². The Balaban J connectivity index is 1.76. The predicted octanol–water partition coefficient (Wildman–Crippen LogP) is 4.49. The van der Waals surface area contributed by atoms with Gasteiger partial charge in [0, 0.05) is 12.1 Å². The molecule has 0 saturated carbocycles. The topological polar surface area (TPSA) is 32.3 Å². The van der Waals surface area contributed by atoms with E-state index in [1.807, 2.05) is 0 Å². The third kappa shape index (κ3) is 2.17. The summed E-state index contributed by atoms with van der Waals surface area (Å²) in [6.07, 6.45) is 5.31. The van der Waals surface area contributed by atoms with Crippen molar-refractivity contribution >= 4 is 21.5 Å². The first kappa shape index (κ1) is 14.4. The van der Waals surface area contributed by atoms with Crippen LogP contribution in [0.1, 0.15) is 37.7 Å². The first-order valence-corrected chi connectivity index (χ1v) is 9.12. The maximum absolute atomic E-state index is 11.7. The molecule has 2 fully saturated rings. The van der Waals surface area contributed by atoms with Gasteiger partial charge in [-0.1, -0.05) is 55.0 Å². The molecule has 0 amide bonds. The van der Waals surface area contributed by atoms with Crippen LogP contribution >= 0.6 is 0 Å². The van der Waals surface area contributed by atoms with Crippen molar-refractivity contribution in [3.8, 4) is 0 Å². The number of benzene rings is 3. The highest BCUT2D eigenvalue weighted by molar-refractivity contribution is 6.09. The number of fused-ring (bicyclic) bond motifs is 5. The Labute approximate surface area is 142 Å². The molecule has 2 bridgehead atoms. The van der Waals surface area contributed by atoms with Crippen molar-refractivity contribution in [3.05, 3.63) is 60.2 Å². The summed E-state index contributed by atoms with van der Waals surface area (Å²) < 4.78 is 0.